The molecule has 0 unspecified atom stereocenters. The first-order chi connectivity index (χ1) is 16.3. The maximum absolute atomic E-state index is 13.6. The monoisotopic (exact) mass is 462 g/mol. The topological polar surface area (TPSA) is 105 Å². The molecule has 0 radical (unpaired) electrons. The summed E-state index contributed by atoms with van der Waals surface area (Å²) in [6.07, 6.45) is -0.760. The highest BCUT2D eigenvalue weighted by atomic mass is 19.1. The van der Waals surface area contributed by atoms with Crippen molar-refractivity contribution in [2.75, 3.05) is 11.9 Å². The van der Waals surface area contributed by atoms with Gasteiger partial charge in [-0.1, -0.05) is 48.5 Å². The van der Waals surface area contributed by atoms with Crippen LogP contribution in [-0.4, -0.2) is 35.7 Å². The van der Waals surface area contributed by atoms with Crippen LogP contribution in [0, 0.1) is 5.82 Å². The zero-order valence-electron chi connectivity index (χ0n) is 18.4. The molecule has 3 aromatic rings. The average molecular weight is 462 g/mol. The maximum Gasteiger partial charge on any atom is 0.407 e. The number of amides is 2. The summed E-state index contributed by atoms with van der Waals surface area (Å²) in [6, 6.07) is 18.5. The van der Waals surface area contributed by atoms with Crippen LogP contribution >= 0.6 is 0 Å². The normalized spacial score (nSPS) is 12.9. The van der Waals surface area contributed by atoms with E-state index in [9.17, 15) is 18.8 Å². The van der Waals surface area contributed by atoms with Crippen molar-refractivity contribution < 1.29 is 28.6 Å². The number of rotatable bonds is 7. The molecule has 0 bridgehead atoms. The number of alkyl carbamates (subject to hydrolysis) is 1. The van der Waals surface area contributed by atoms with Crippen LogP contribution in [0.5, 0.6) is 0 Å². The van der Waals surface area contributed by atoms with E-state index in [0.717, 1.165) is 40.5 Å². The highest BCUT2D eigenvalue weighted by Crippen LogP contribution is 2.44. The lowest BCUT2D eigenvalue weighted by Gasteiger charge is -2.17. The average Bonchev–Trinajstić information content (AvgIpc) is 3.10. The van der Waals surface area contributed by atoms with Crippen molar-refractivity contribution in [1.29, 1.82) is 0 Å². The third-order valence-corrected chi connectivity index (χ3v) is 5.63. The van der Waals surface area contributed by atoms with E-state index in [0.29, 0.717) is 0 Å². The number of carbonyl (C=O) groups is 3. The minimum absolute atomic E-state index is 0.0238. The zero-order chi connectivity index (χ0) is 24.2. The molecule has 0 spiro atoms. The van der Waals surface area contributed by atoms with Crippen LogP contribution < -0.4 is 10.6 Å². The number of nitrogens with one attached hydrogen (secondary N) is 2. The van der Waals surface area contributed by atoms with Gasteiger partial charge in [0.2, 0.25) is 5.91 Å². The van der Waals surface area contributed by atoms with Crippen molar-refractivity contribution in [1.82, 2.24) is 5.32 Å². The first-order valence-electron chi connectivity index (χ1n) is 10.8. The van der Waals surface area contributed by atoms with E-state index in [1.165, 1.54) is 0 Å². The van der Waals surface area contributed by atoms with Gasteiger partial charge < -0.3 is 20.5 Å². The summed E-state index contributed by atoms with van der Waals surface area (Å²) in [5.74, 6) is -2.66. The minimum Gasteiger partial charge on any atom is -0.478 e. The number of carbonyl (C=O) groups excluding carboxylic acids is 2. The van der Waals surface area contributed by atoms with E-state index in [1.807, 2.05) is 48.5 Å². The fourth-order valence-corrected chi connectivity index (χ4v) is 4.17. The predicted molar refractivity (Wildman–Crippen MR) is 124 cm³/mol. The fourth-order valence-electron chi connectivity index (χ4n) is 4.17. The largest absolute Gasteiger partial charge is 0.478 e. The van der Waals surface area contributed by atoms with Crippen molar-refractivity contribution in [3.63, 3.8) is 0 Å². The number of halogens is 1. The third-order valence-electron chi connectivity index (χ3n) is 5.63. The number of benzene rings is 3. The minimum atomic E-state index is -1.31. The zero-order valence-corrected chi connectivity index (χ0v) is 18.4. The second-order valence-electron chi connectivity index (χ2n) is 8.16. The molecule has 7 nitrogen and oxygen atoms in total. The highest BCUT2D eigenvalue weighted by molar-refractivity contribution is 5.94. The van der Waals surface area contributed by atoms with Crippen molar-refractivity contribution in [2.24, 2.45) is 0 Å². The first-order valence-corrected chi connectivity index (χ1v) is 10.8. The number of anilines is 1. The Morgan fingerprint density at radius 2 is 1.62 bits per heavy atom. The van der Waals surface area contributed by atoms with Crippen LogP contribution in [0.2, 0.25) is 0 Å². The molecule has 1 aliphatic rings. The summed E-state index contributed by atoms with van der Waals surface area (Å²) < 4.78 is 19.1. The van der Waals surface area contributed by atoms with E-state index in [-0.39, 0.29) is 30.2 Å². The Balaban J connectivity index is 1.31. The smallest absolute Gasteiger partial charge is 0.407 e. The van der Waals surface area contributed by atoms with Gasteiger partial charge in [-0.2, -0.15) is 0 Å². The summed E-state index contributed by atoms with van der Waals surface area (Å²) in [6.45, 7) is 1.79. The van der Waals surface area contributed by atoms with E-state index in [1.54, 1.807) is 6.92 Å². The molecule has 0 aliphatic heterocycles. The van der Waals surface area contributed by atoms with Gasteiger partial charge in [-0.25, -0.2) is 14.0 Å². The summed E-state index contributed by atoms with van der Waals surface area (Å²) in [7, 11) is 0. The Bertz CT molecular complexity index is 1210. The number of fused-ring (bicyclic) bond motifs is 3. The van der Waals surface area contributed by atoms with Crippen LogP contribution in [-0.2, 0) is 9.53 Å². The van der Waals surface area contributed by atoms with Gasteiger partial charge in [0.15, 0.2) is 0 Å². The second-order valence-corrected chi connectivity index (χ2v) is 8.16. The number of carboxylic acids is 1. The SMILES string of the molecule is C[C@@H](CC(=O)Nc1cc(F)cc(C(=O)O)c1)NC(=O)OCC1c2ccccc2-c2ccccc21. The van der Waals surface area contributed by atoms with Crippen molar-refractivity contribution in [3.8, 4) is 11.1 Å². The van der Waals surface area contributed by atoms with Crippen LogP contribution in [0.25, 0.3) is 11.1 Å². The van der Waals surface area contributed by atoms with Gasteiger partial charge in [0.05, 0.1) is 5.56 Å². The second kappa shape index (κ2) is 9.74. The Morgan fingerprint density at radius 1 is 1.00 bits per heavy atom. The molecule has 0 aromatic heterocycles. The molecule has 0 heterocycles. The number of hydrogen-bond acceptors (Lipinski definition) is 4. The lowest BCUT2D eigenvalue weighted by molar-refractivity contribution is -0.116. The Hall–Kier alpha value is -4.20. The van der Waals surface area contributed by atoms with Crippen molar-refractivity contribution in [3.05, 3.63) is 89.2 Å². The number of hydrogen-bond donors (Lipinski definition) is 3. The molecule has 8 heteroatoms. The molecule has 0 saturated carbocycles. The Morgan fingerprint density at radius 3 is 2.24 bits per heavy atom. The molecule has 34 heavy (non-hydrogen) atoms. The van der Waals surface area contributed by atoms with E-state index < -0.39 is 29.8 Å². The Labute approximate surface area is 195 Å². The van der Waals surface area contributed by atoms with Gasteiger partial charge in [0.25, 0.3) is 0 Å². The molecule has 3 aromatic carbocycles. The predicted octanol–water partition coefficient (Wildman–Crippen LogP) is 4.78. The van der Waals surface area contributed by atoms with Gasteiger partial charge in [0.1, 0.15) is 12.4 Å². The van der Waals surface area contributed by atoms with E-state index >= 15 is 0 Å². The van der Waals surface area contributed by atoms with Gasteiger partial charge in [-0.15, -0.1) is 0 Å². The molecule has 174 valence electrons. The van der Waals surface area contributed by atoms with Gasteiger partial charge in [0, 0.05) is 24.1 Å². The van der Waals surface area contributed by atoms with E-state index in [4.69, 9.17) is 9.84 Å². The molecular formula is C26H23FN2O5. The summed E-state index contributed by atoms with van der Waals surface area (Å²) in [4.78, 5) is 35.7. The molecule has 2 amide bonds. The lowest BCUT2D eigenvalue weighted by Crippen LogP contribution is -2.36. The van der Waals surface area contributed by atoms with Crippen molar-refractivity contribution in [2.45, 2.75) is 25.3 Å². The molecular weight excluding hydrogens is 439 g/mol. The van der Waals surface area contributed by atoms with Crippen LogP contribution in [0.1, 0.15) is 40.7 Å². The molecule has 4 rings (SSSR count). The summed E-state index contributed by atoms with van der Waals surface area (Å²) in [5, 5.41) is 14.1. The number of ether oxygens (including phenoxy) is 1. The molecule has 1 atom stereocenters. The summed E-state index contributed by atoms with van der Waals surface area (Å²) in [5.41, 5.74) is 4.19. The number of aromatic carboxylic acids is 1. The first kappa shape index (κ1) is 23.0. The van der Waals surface area contributed by atoms with Crippen molar-refractivity contribution >= 4 is 23.7 Å². The maximum atomic E-state index is 13.6. The van der Waals surface area contributed by atoms with E-state index in [2.05, 4.69) is 10.6 Å². The quantitative estimate of drug-likeness (QED) is 0.469. The highest BCUT2D eigenvalue weighted by Gasteiger charge is 2.29. The van der Waals surface area contributed by atoms with Crippen LogP contribution in [0.4, 0.5) is 14.9 Å². The standard InChI is InChI=1S/C26H23FN2O5/c1-15(10-24(30)29-18-12-16(25(31)32)11-17(27)13-18)28-26(33)34-14-23-21-8-4-2-6-19(21)20-7-3-5-9-22(20)23/h2-9,11-13,15,23H,10,14H2,1H3,(H,28,33)(H,29,30)(H,31,32)/t15-/m0/s1. The molecule has 3 N–H and O–H groups in total. The summed E-state index contributed by atoms with van der Waals surface area (Å²) >= 11 is 0. The fraction of sp³-hybridized carbons (Fsp3) is 0.192. The number of carboxylic acid groups (broad SMARTS) is 1. The van der Waals surface area contributed by atoms with Gasteiger partial charge >= 0.3 is 12.1 Å². The molecule has 0 saturated heterocycles. The molecule has 0 fully saturated rings. The Kier molecular flexibility index (Phi) is 6.58. The van der Waals surface area contributed by atoms with Gasteiger partial charge in [-0.05, 0) is 47.4 Å². The third kappa shape index (κ3) is 5.06. The van der Waals surface area contributed by atoms with Gasteiger partial charge in [-0.3, -0.25) is 4.79 Å². The van der Waals surface area contributed by atoms with Crippen LogP contribution in [0.3, 0.4) is 0 Å². The van der Waals surface area contributed by atoms with Crippen LogP contribution in [0.15, 0.2) is 66.7 Å². The lowest BCUT2D eigenvalue weighted by atomic mass is 9.98. The molecule has 1 aliphatic carbocycles.